The Morgan fingerprint density at radius 2 is 1.94 bits per heavy atom. The molecule has 2 N–H and O–H groups in total. The molecule has 2 aliphatic carbocycles. The maximum absolute atomic E-state index is 9.15. The van der Waals surface area contributed by atoms with Gasteiger partial charge in [0.2, 0.25) is 0 Å². The third-order valence-electron chi connectivity index (χ3n) is 3.95. The Kier molecular flexibility index (Phi) is 3.02. The number of hydrogen-bond donors (Lipinski definition) is 2. The molecule has 0 aromatic carbocycles. The van der Waals surface area contributed by atoms with Crippen molar-refractivity contribution in [1.29, 1.82) is 0 Å². The van der Waals surface area contributed by atoms with Crippen LogP contribution < -0.4 is 5.32 Å². The van der Waals surface area contributed by atoms with Gasteiger partial charge in [-0.25, -0.2) is 0 Å². The molecule has 2 saturated carbocycles. The van der Waals surface area contributed by atoms with Gasteiger partial charge < -0.3 is 10.4 Å². The number of nitrogens with zero attached hydrogens (tertiary/aromatic N) is 1. The second kappa shape index (κ2) is 4.65. The Balaban J connectivity index is 1.45. The highest BCUT2D eigenvalue weighted by Crippen LogP contribution is 2.48. The molecule has 17 heavy (non-hydrogen) atoms. The fourth-order valence-electron chi connectivity index (χ4n) is 2.66. The normalized spacial score (nSPS) is 19.8. The molecule has 0 bridgehead atoms. The average Bonchev–Trinajstić information content (AvgIpc) is 3.19. The molecule has 3 rings (SSSR count). The fourth-order valence-corrected chi connectivity index (χ4v) is 2.66. The SMILES string of the molecule is Oc1ccc(CNCC(C2CC2)C2CC2)nc1. The van der Waals surface area contributed by atoms with Gasteiger partial charge in [-0.15, -0.1) is 0 Å². The molecule has 2 fully saturated rings. The Morgan fingerprint density at radius 3 is 2.47 bits per heavy atom. The van der Waals surface area contributed by atoms with Gasteiger partial charge in [-0.05, 0) is 62.1 Å². The maximum Gasteiger partial charge on any atom is 0.133 e. The molecular formula is C14H20N2O. The third kappa shape index (κ3) is 2.97. The van der Waals surface area contributed by atoms with Crippen LogP contribution in [-0.4, -0.2) is 16.6 Å². The molecule has 2 aliphatic rings. The van der Waals surface area contributed by atoms with Gasteiger partial charge in [0.05, 0.1) is 11.9 Å². The van der Waals surface area contributed by atoms with Crippen molar-refractivity contribution in [2.45, 2.75) is 32.2 Å². The molecule has 1 heterocycles. The van der Waals surface area contributed by atoms with E-state index >= 15 is 0 Å². The molecule has 1 aromatic rings. The zero-order chi connectivity index (χ0) is 11.7. The first-order valence-electron chi connectivity index (χ1n) is 6.67. The summed E-state index contributed by atoms with van der Waals surface area (Å²) in [7, 11) is 0. The summed E-state index contributed by atoms with van der Waals surface area (Å²) in [5.74, 6) is 3.15. The van der Waals surface area contributed by atoms with Crippen molar-refractivity contribution in [3.8, 4) is 5.75 Å². The highest BCUT2D eigenvalue weighted by molar-refractivity contribution is 5.17. The molecule has 92 valence electrons. The Bertz CT molecular complexity index is 356. The molecule has 0 aliphatic heterocycles. The van der Waals surface area contributed by atoms with Crippen LogP contribution >= 0.6 is 0 Å². The Hall–Kier alpha value is -1.09. The zero-order valence-electron chi connectivity index (χ0n) is 10.1. The van der Waals surface area contributed by atoms with Crippen molar-refractivity contribution in [2.24, 2.45) is 17.8 Å². The molecule has 0 spiro atoms. The Labute approximate surface area is 102 Å². The first-order valence-corrected chi connectivity index (χ1v) is 6.67. The summed E-state index contributed by atoms with van der Waals surface area (Å²) in [6.07, 6.45) is 7.29. The van der Waals surface area contributed by atoms with E-state index < -0.39 is 0 Å². The standard InChI is InChI=1S/C14H20N2O/c17-13-6-5-12(16-8-13)7-15-9-14(10-1-2-10)11-3-4-11/h5-6,8,10-11,14-15,17H,1-4,7,9H2. The largest absolute Gasteiger partial charge is 0.506 e. The van der Waals surface area contributed by atoms with E-state index in [2.05, 4.69) is 10.3 Å². The molecule has 0 radical (unpaired) electrons. The summed E-state index contributed by atoms with van der Waals surface area (Å²) in [5.41, 5.74) is 1.01. The van der Waals surface area contributed by atoms with Crippen LogP contribution in [0.5, 0.6) is 5.75 Å². The van der Waals surface area contributed by atoms with Crippen molar-refractivity contribution in [3.05, 3.63) is 24.0 Å². The van der Waals surface area contributed by atoms with Gasteiger partial charge in [0.25, 0.3) is 0 Å². The highest BCUT2D eigenvalue weighted by Gasteiger charge is 2.40. The van der Waals surface area contributed by atoms with Gasteiger partial charge in [0.1, 0.15) is 5.75 Å². The summed E-state index contributed by atoms with van der Waals surface area (Å²) in [6, 6.07) is 3.58. The van der Waals surface area contributed by atoms with Gasteiger partial charge in [0, 0.05) is 6.54 Å². The van der Waals surface area contributed by atoms with Crippen molar-refractivity contribution >= 4 is 0 Å². The van der Waals surface area contributed by atoms with Gasteiger partial charge in [-0.3, -0.25) is 4.98 Å². The molecule has 0 amide bonds. The number of hydrogen-bond acceptors (Lipinski definition) is 3. The summed E-state index contributed by atoms with van der Waals surface area (Å²) in [6.45, 7) is 1.95. The van der Waals surface area contributed by atoms with Crippen LogP contribution in [0.1, 0.15) is 31.4 Å². The molecule has 1 aromatic heterocycles. The average molecular weight is 232 g/mol. The minimum absolute atomic E-state index is 0.239. The zero-order valence-corrected chi connectivity index (χ0v) is 10.1. The molecule has 3 heteroatoms. The maximum atomic E-state index is 9.15. The highest BCUT2D eigenvalue weighted by atomic mass is 16.3. The predicted octanol–water partition coefficient (Wildman–Crippen LogP) is 2.31. The van der Waals surface area contributed by atoms with E-state index in [1.165, 1.54) is 31.9 Å². The topological polar surface area (TPSA) is 45.1 Å². The van der Waals surface area contributed by atoms with Gasteiger partial charge >= 0.3 is 0 Å². The lowest BCUT2D eigenvalue weighted by Gasteiger charge is -2.15. The molecule has 0 unspecified atom stereocenters. The summed E-state index contributed by atoms with van der Waals surface area (Å²) in [4.78, 5) is 4.18. The predicted molar refractivity (Wildman–Crippen MR) is 66.5 cm³/mol. The van der Waals surface area contributed by atoms with Gasteiger partial charge in [0.15, 0.2) is 0 Å². The number of aromatic nitrogens is 1. The van der Waals surface area contributed by atoms with Crippen LogP contribution in [0.15, 0.2) is 18.3 Å². The van der Waals surface area contributed by atoms with Crippen LogP contribution in [0.4, 0.5) is 0 Å². The number of nitrogens with one attached hydrogen (secondary N) is 1. The molecule has 0 atom stereocenters. The van der Waals surface area contributed by atoms with Gasteiger partial charge in [-0.2, -0.15) is 0 Å². The van der Waals surface area contributed by atoms with Crippen molar-refractivity contribution in [2.75, 3.05) is 6.54 Å². The van der Waals surface area contributed by atoms with E-state index in [1.807, 2.05) is 6.07 Å². The number of pyridine rings is 1. The molecule has 0 saturated heterocycles. The second-order valence-electron chi connectivity index (χ2n) is 5.48. The fraction of sp³-hybridized carbons (Fsp3) is 0.643. The van der Waals surface area contributed by atoms with E-state index in [9.17, 15) is 0 Å². The number of aromatic hydroxyl groups is 1. The summed E-state index contributed by atoms with van der Waals surface area (Å²) >= 11 is 0. The van der Waals surface area contributed by atoms with E-state index in [1.54, 1.807) is 6.07 Å². The lowest BCUT2D eigenvalue weighted by molar-refractivity contribution is 0.377. The summed E-state index contributed by atoms with van der Waals surface area (Å²) in [5, 5.41) is 12.7. The monoisotopic (exact) mass is 232 g/mol. The van der Waals surface area contributed by atoms with Crippen molar-refractivity contribution in [1.82, 2.24) is 10.3 Å². The first kappa shape index (κ1) is 11.0. The van der Waals surface area contributed by atoms with Crippen molar-refractivity contribution in [3.63, 3.8) is 0 Å². The van der Waals surface area contributed by atoms with Crippen LogP contribution in [-0.2, 0) is 6.54 Å². The smallest absolute Gasteiger partial charge is 0.133 e. The summed E-state index contributed by atoms with van der Waals surface area (Å²) < 4.78 is 0. The van der Waals surface area contributed by atoms with Crippen LogP contribution in [0.3, 0.4) is 0 Å². The van der Waals surface area contributed by atoms with Crippen LogP contribution in [0.25, 0.3) is 0 Å². The number of rotatable bonds is 6. The lowest BCUT2D eigenvalue weighted by atomic mass is 9.98. The third-order valence-corrected chi connectivity index (χ3v) is 3.95. The first-order chi connectivity index (χ1) is 8.33. The van der Waals surface area contributed by atoms with Crippen molar-refractivity contribution < 1.29 is 5.11 Å². The minimum Gasteiger partial charge on any atom is -0.506 e. The van der Waals surface area contributed by atoms with E-state index in [0.29, 0.717) is 0 Å². The molecule has 3 nitrogen and oxygen atoms in total. The van der Waals surface area contributed by atoms with Gasteiger partial charge in [-0.1, -0.05) is 0 Å². The molecular weight excluding hydrogens is 212 g/mol. The van der Waals surface area contributed by atoms with Crippen LogP contribution in [0.2, 0.25) is 0 Å². The minimum atomic E-state index is 0.239. The van der Waals surface area contributed by atoms with E-state index in [-0.39, 0.29) is 5.75 Å². The van der Waals surface area contributed by atoms with E-state index in [4.69, 9.17) is 5.11 Å². The van der Waals surface area contributed by atoms with Crippen LogP contribution in [0, 0.1) is 17.8 Å². The second-order valence-corrected chi connectivity index (χ2v) is 5.48. The Morgan fingerprint density at radius 1 is 1.24 bits per heavy atom. The van der Waals surface area contributed by atoms with E-state index in [0.717, 1.165) is 36.5 Å². The quantitative estimate of drug-likeness (QED) is 0.791. The lowest BCUT2D eigenvalue weighted by Crippen LogP contribution is -2.25.